The molecule has 4 nitrogen and oxygen atoms in total. The Labute approximate surface area is 85.6 Å². The average molecular weight is 218 g/mol. The van der Waals surface area contributed by atoms with Crippen LogP contribution in [0.25, 0.3) is 0 Å². The van der Waals surface area contributed by atoms with Gasteiger partial charge in [0.2, 0.25) is 11.8 Å². The van der Waals surface area contributed by atoms with Crippen LogP contribution < -0.4 is 5.32 Å². The Morgan fingerprint density at radius 1 is 1.40 bits per heavy atom. The number of likely N-dealkylation sites (tertiary alicyclic amines) is 1. The molecule has 1 N–H and O–H groups in total. The van der Waals surface area contributed by atoms with Crippen LogP contribution in [-0.2, 0) is 9.59 Å². The Kier molecular flexibility index (Phi) is 2.68. The molecule has 1 atom stereocenters. The van der Waals surface area contributed by atoms with Crippen molar-refractivity contribution < 1.29 is 18.4 Å². The first-order valence-electron chi connectivity index (χ1n) is 4.97. The van der Waals surface area contributed by atoms with Crippen molar-refractivity contribution in [3.63, 3.8) is 0 Å². The molecule has 0 aromatic heterocycles. The number of amides is 2. The highest BCUT2D eigenvalue weighted by Crippen LogP contribution is 2.31. The number of nitrogens with one attached hydrogen (secondary N) is 1. The maximum Gasteiger partial charge on any atom is 0.250 e. The number of imide groups is 1. The van der Waals surface area contributed by atoms with E-state index in [9.17, 15) is 18.4 Å². The van der Waals surface area contributed by atoms with Crippen LogP contribution in [0.5, 0.6) is 0 Å². The van der Waals surface area contributed by atoms with E-state index in [0.717, 1.165) is 12.8 Å². The number of hydrogen-bond donors (Lipinski definition) is 1. The second kappa shape index (κ2) is 3.84. The van der Waals surface area contributed by atoms with Gasteiger partial charge in [-0.1, -0.05) is 0 Å². The predicted molar refractivity (Wildman–Crippen MR) is 47.3 cm³/mol. The molecule has 1 saturated heterocycles. The van der Waals surface area contributed by atoms with Crippen molar-refractivity contribution >= 4 is 11.8 Å². The second-order valence-electron chi connectivity index (χ2n) is 3.89. The van der Waals surface area contributed by atoms with Crippen LogP contribution in [0.3, 0.4) is 0 Å². The van der Waals surface area contributed by atoms with Crippen LogP contribution >= 0.6 is 0 Å². The van der Waals surface area contributed by atoms with Crippen molar-refractivity contribution in [2.24, 2.45) is 0 Å². The molecule has 0 radical (unpaired) electrons. The quantitative estimate of drug-likeness (QED) is 0.682. The molecule has 0 aromatic rings. The van der Waals surface area contributed by atoms with Crippen LogP contribution in [-0.4, -0.2) is 41.8 Å². The van der Waals surface area contributed by atoms with Gasteiger partial charge < -0.3 is 0 Å². The Morgan fingerprint density at radius 2 is 2.07 bits per heavy atom. The second-order valence-corrected chi connectivity index (χ2v) is 3.89. The molecule has 2 aliphatic rings. The molecule has 1 heterocycles. The SMILES string of the molecule is O=C1CC(NCC(F)F)C(=O)N1C1CC1. The van der Waals surface area contributed by atoms with Gasteiger partial charge in [0, 0.05) is 6.04 Å². The maximum absolute atomic E-state index is 11.9. The zero-order valence-corrected chi connectivity index (χ0v) is 8.08. The van der Waals surface area contributed by atoms with E-state index in [4.69, 9.17) is 0 Å². The van der Waals surface area contributed by atoms with E-state index >= 15 is 0 Å². The van der Waals surface area contributed by atoms with Gasteiger partial charge in [-0.05, 0) is 12.8 Å². The highest BCUT2D eigenvalue weighted by Gasteiger charge is 2.45. The first-order chi connectivity index (χ1) is 7.09. The van der Waals surface area contributed by atoms with Gasteiger partial charge in [-0.25, -0.2) is 8.78 Å². The van der Waals surface area contributed by atoms with Gasteiger partial charge in [-0.15, -0.1) is 0 Å². The third kappa shape index (κ3) is 2.14. The third-order valence-corrected chi connectivity index (χ3v) is 2.61. The summed E-state index contributed by atoms with van der Waals surface area (Å²) in [6, 6.07) is -0.713. The number of carbonyl (C=O) groups is 2. The maximum atomic E-state index is 11.9. The zero-order valence-electron chi connectivity index (χ0n) is 8.08. The Morgan fingerprint density at radius 3 is 2.60 bits per heavy atom. The molecule has 84 valence electrons. The summed E-state index contributed by atoms with van der Waals surface area (Å²) in [6.07, 6.45) is -0.789. The Bertz CT molecular complexity index is 292. The fourth-order valence-corrected chi connectivity index (χ4v) is 1.76. The fourth-order valence-electron chi connectivity index (χ4n) is 1.76. The van der Waals surface area contributed by atoms with Crippen molar-refractivity contribution in [2.75, 3.05) is 6.54 Å². The first-order valence-corrected chi connectivity index (χ1v) is 4.97. The minimum atomic E-state index is -2.50. The van der Waals surface area contributed by atoms with Crippen LogP contribution in [0, 0.1) is 0 Å². The van der Waals surface area contributed by atoms with E-state index in [-0.39, 0.29) is 24.3 Å². The van der Waals surface area contributed by atoms with Gasteiger partial charge in [0.1, 0.15) is 0 Å². The van der Waals surface area contributed by atoms with E-state index < -0.39 is 19.0 Å². The smallest absolute Gasteiger partial charge is 0.250 e. The van der Waals surface area contributed by atoms with Gasteiger partial charge in [0.25, 0.3) is 6.43 Å². The topological polar surface area (TPSA) is 49.4 Å². The van der Waals surface area contributed by atoms with Crippen LogP contribution in [0.2, 0.25) is 0 Å². The van der Waals surface area contributed by atoms with Crippen molar-refractivity contribution in [1.82, 2.24) is 10.2 Å². The molecule has 0 spiro atoms. The minimum Gasteiger partial charge on any atom is -0.300 e. The summed E-state index contributed by atoms with van der Waals surface area (Å²) in [4.78, 5) is 24.2. The summed E-state index contributed by atoms with van der Waals surface area (Å²) in [5.74, 6) is -0.586. The van der Waals surface area contributed by atoms with Crippen molar-refractivity contribution in [1.29, 1.82) is 0 Å². The van der Waals surface area contributed by atoms with E-state index in [0.29, 0.717) is 0 Å². The van der Waals surface area contributed by atoms with Gasteiger partial charge >= 0.3 is 0 Å². The number of halogens is 2. The van der Waals surface area contributed by atoms with Crippen LogP contribution in [0.1, 0.15) is 19.3 Å². The minimum absolute atomic E-state index is 0.0159. The van der Waals surface area contributed by atoms with Crippen molar-refractivity contribution in [3.05, 3.63) is 0 Å². The van der Waals surface area contributed by atoms with Crippen molar-refractivity contribution in [2.45, 2.75) is 37.8 Å². The van der Waals surface area contributed by atoms with Gasteiger partial charge in [0.05, 0.1) is 19.0 Å². The highest BCUT2D eigenvalue weighted by atomic mass is 19.3. The largest absolute Gasteiger partial charge is 0.300 e. The van der Waals surface area contributed by atoms with E-state index in [1.54, 1.807) is 0 Å². The lowest BCUT2D eigenvalue weighted by molar-refractivity contribution is -0.139. The lowest BCUT2D eigenvalue weighted by Gasteiger charge is -2.14. The molecule has 1 aliphatic heterocycles. The van der Waals surface area contributed by atoms with Crippen LogP contribution in [0.4, 0.5) is 8.78 Å². The lowest BCUT2D eigenvalue weighted by Crippen LogP contribution is -2.41. The van der Waals surface area contributed by atoms with Gasteiger partial charge in [-0.3, -0.25) is 19.8 Å². The molecular weight excluding hydrogens is 206 g/mol. The molecule has 1 aliphatic carbocycles. The average Bonchev–Trinajstić information content (AvgIpc) is 2.92. The molecule has 0 aromatic carbocycles. The number of rotatable bonds is 4. The molecule has 15 heavy (non-hydrogen) atoms. The van der Waals surface area contributed by atoms with Crippen molar-refractivity contribution in [3.8, 4) is 0 Å². The van der Waals surface area contributed by atoms with E-state index in [1.807, 2.05) is 0 Å². The van der Waals surface area contributed by atoms with Gasteiger partial charge in [-0.2, -0.15) is 0 Å². The lowest BCUT2D eigenvalue weighted by atomic mass is 10.2. The standard InChI is InChI=1S/C9H12F2N2O2/c10-7(11)4-12-6-3-8(14)13(9(6)15)5-1-2-5/h5-7,12H,1-4H2. The molecule has 1 saturated carbocycles. The Hall–Kier alpha value is -1.04. The number of carbonyl (C=O) groups excluding carboxylic acids is 2. The number of nitrogens with zero attached hydrogens (tertiary/aromatic N) is 1. The third-order valence-electron chi connectivity index (χ3n) is 2.61. The van der Waals surface area contributed by atoms with Crippen LogP contribution in [0.15, 0.2) is 0 Å². The number of alkyl halides is 2. The summed E-state index contributed by atoms with van der Waals surface area (Å²) < 4.78 is 23.8. The molecule has 2 rings (SSSR count). The Balaban J connectivity index is 1.92. The summed E-state index contributed by atoms with van der Waals surface area (Å²) in [7, 11) is 0. The fraction of sp³-hybridized carbons (Fsp3) is 0.778. The summed E-state index contributed by atoms with van der Waals surface area (Å²) in [5.41, 5.74) is 0. The molecule has 2 fully saturated rings. The monoisotopic (exact) mass is 218 g/mol. The molecular formula is C9H12F2N2O2. The molecule has 6 heteroatoms. The zero-order chi connectivity index (χ0) is 11.0. The first kappa shape index (κ1) is 10.5. The van der Waals surface area contributed by atoms with E-state index in [1.165, 1.54) is 4.90 Å². The highest BCUT2D eigenvalue weighted by molar-refractivity contribution is 6.06. The summed E-state index contributed by atoms with van der Waals surface area (Å²) >= 11 is 0. The molecule has 1 unspecified atom stereocenters. The number of hydrogen-bond acceptors (Lipinski definition) is 3. The molecule has 2 amide bonds. The van der Waals surface area contributed by atoms with E-state index in [2.05, 4.69) is 5.32 Å². The van der Waals surface area contributed by atoms with Gasteiger partial charge in [0.15, 0.2) is 0 Å². The summed E-state index contributed by atoms with van der Waals surface area (Å²) in [6.45, 7) is -0.539. The normalized spacial score (nSPS) is 26.9. The summed E-state index contributed by atoms with van der Waals surface area (Å²) in [5, 5.41) is 2.41. The predicted octanol–water partition coefficient (Wildman–Crippen LogP) is 0.131. The molecule has 0 bridgehead atoms.